The SMILES string of the molecule is CCc1cccc2c3cccc(CC)c3n(-c3cc(-n4c5[c-]c(Oc6[c-]c(-n7nc(C)cc7C)ccc6)ccc5c5ccccc54)ncc3C)c12.[Pt+2]. The van der Waals surface area contributed by atoms with Crippen molar-refractivity contribution in [2.45, 2.75) is 47.5 Å². The number of para-hydroxylation sites is 3. The van der Waals surface area contributed by atoms with E-state index in [-0.39, 0.29) is 21.1 Å². The molecule has 0 N–H and O–H groups in total. The van der Waals surface area contributed by atoms with E-state index in [1.807, 2.05) is 49.0 Å². The minimum absolute atomic E-state index is 0. The van der Waals surface area contributed by atoms with Crippen molar-refractivity contribution in [1.29, 1.82) is 0 Å². The first-order valence-corrected chi connectivity index (χ1v) is 17.6. The molecule has 7 heteroatoms. The van der Waals surface area contributed by atoms with Crippen LogP contribution in [-0.2, 0) is 33.9 Å². The molecule has 0 aliphatic heterocycles. The Morgan fingerprint density at radius 1 is 0.654 bits per heavy atom. The second-order valence-electron chi connectivity index (χ2n) is 13.3. The number of hydrogen-bond acceptors (Lipinski definition) is 3. The molecule has 0 aliphatic rings. The fraction of sp³-hybridized carbons (Fsp3) is 0.156. The topological polar surface area (TPSA) is 49.8 Å². The molecule has 0 unspecified atom stereocenters. The fourth-order valence-corrected chi connectivity index (χ4v) is 7.72. The first-order valence-electron chi connectivity index (χ1n) is 17.6. The number of fused-ring (bicyclic) bond motifs is 6. The standard InChI is InChI=1S/C45H37N5O.Pt/c1-6-31-13-10-18-38-39-19-11-14-32(7-2)45(39)49(44(31)38)41-26-43(46-27-28(41)3)48-40-20-9-8-17-36(40)37-22-21-35(25-42(37)48)51-34-16-12-15-33(24-34)50-30(5)23-29(4)47-50;/h8-23,26-27H,6-7H2,1-5H3;/q-2;+2. The monoisotopic (exact) mass is 858 g/mol. The third kappa shape index (κ3) is 5.36. The second kappa shape index (κ2) is 13.3. The molecule has 9 rings (SSSR count). The Bertz CT molecular complexity index is 2740. The van der Waals surface area contributed by atoms with E-state index < -0.39 is 0 Å². The minimum Gasteiger partial charge on any atom is -0.509 e. The van der Waals surface area contributed by atoms with Gasteiger partial charge in [0.15, 0.2) is 0 Å². The molecule has 0 fully saturated rings. The molecule has 0 aliphatic carbocycles. The van der Waals surface area contributed by atoms with Gasteiger partial charge in [-0.25, -0.2) is 4.98 Å². The third-order valence-electron chi connectivity index (χ3n) is 10.0. The molecular weight excluding hydrogens is 822 g/mol. The van der Waals surface area contributed by atoms with Gasteiger partial charge in [-0.1, -0.05) is 74.0 Å². The molecule has 0 bridgehead atoms. The number of aromatic nitrogens is 5. The Kier molecular flexibility index (Phi) is 8.59. The number of aryl methyl sites for hydroxylation is 5. The van der Waals surface area contributed by atoms with E-state index in [9.17, 15) is 0 Å². The Balaban J connectivity index is 0.00000387. The first kappa shape index (κ1) is 33.7. The largest absolute Gasteiger partial charge is 2.00 e. The molecule has 9 aromatic rings. The molecule has 4 heterocycles. The van der Waals surface area contributed by atoms with E-state index in [0.717, 1.165) is 68.8 Å². The minimum atomic E-state index is 0. The number of pyridine rings is 1. The zero-order valence-electron chi connectivity index (χ0n) is 29.8. The third-order valence-corrected chi connectivity index (χ3v) is 10.0. The van der Waals surface area contributed by atoms with Crippen LogP contribution in [0.15, 0.2) is 109 Å². The van der Waals surface area contributed by atoms with Crippen LogP contribution in [0.1, 0.15) is 41.9 Å². The van der Waals surface area contributed by atoms with Gasteiger partial charge in [0.2, 0.25) is 0 Å². The van der Waals surface area contributed by atoms with E-state index in [0.29, 0.717) is 11.5 Å². The van der Waals surface area contributed by atoms with Crippen LogP contribution in [0.5, 0.6) is 11.5 Å². The first-order chi connectivity index (χ1) is 24.9. The summed E-state index contributed by atoms with van der Waals surface area (Å²) in [4.78, 5) is 5.08. The molecule has 6 nitrogen and oxygen atoms in total. The molecule has 258 valence electrons. The number of rotatable bonds is 7. The van der Waals surface area contributed by atoms with Crippen LogP contribution in [-0.4, -0.2) is 23.9 Å². The van der Waals surface area contributed by atoms with Crippen molar-refractivity contribution in [3.63, 3.8) is 0 Å². The van der Waals surface area contributed by atoms with Crippen molar-refractivity contribution in [2.24, 2.45) is 0 Å². The summed E-state index contributed by atoms with van der Waals surface area (Å²) in [6.45, 7) is 10.7. The van der Waals surface area contributed by atoms with Crippen molar-refractivity contribution >= 4 is 43.6 Å². The van der Waals surface area contributed by atoms with Crippen LogP contribution in [0, 0.1) is 32.9 Å². The van der Waals surface area contributed by atoms with Gasteiger partial charge in [-0.15, -0.1) is 35.7 Å². The number of nitrogens with zero attached hydrogens (tertiary/aromatic N) is 5. The van der Waals surface area contributed by atoms with Crippen LogP contribution < -0.4 is 4.74 Å². The van der Waals surface area contributed by atoms with E-state index >= 15 is 0 Å². The summed E-state index contributed by atoms with van der Waals surface area (Å²) in [5, 5.41) is 9.41. The zero-order chi connectivity index (χ0) is 34.8. The van der Waals surface area contributed by atoms with Crippen LogP contribution in [0.4, 0.5) is 0 Å². The van der Waals surface area contributed by atoms with Gasteiger partial charge < -0.3 is 13.9 Å². The fourth-order valence-electron chi connectivity index (χ4n) is 7.72. The molecular formula is C45H37N5OPt. The quantitative estimate of drug-likeness (QED) is 0.150. The predicted molar refractivity (Wildman–Crippen MR) is 207 cm³/mol. The molecule has 0 saturated carbocycles. The predicted octanol–water partition coefficient (Wildman–Crippen LogP) is 10.9. The molecule has 0 spiro atoms. The summed E-state index contributed by atoms with van der Waals surface area (Å²) in [6, 6.07) is 43.2. The van der Waals surface area contributed by atoms with E-state index in [1.165, 1.54) is 32.9 Å². The van der Waals surface area contributed by atoms with Gasteiger partial charge in [0.05, 0.1) is 22.4 Å². The van der Waals surface area contributed by atoms with Gasteiger partial charge in [-0.3, -0.25) is 4.68 Å². The van der Waals surface area contributed by atoms with Gasteiger partial charge in [0, 0.05) is 45.7 Å². The summed E-state index contributed by atoms with van der Waals surface area (Å²) in [7, 11) is 0. The summed E-state index contributed by atoms with van der Waals surface area (Å²) < 4.78 is 13.0. The van der Waals surface area contributed by atoms with Gasteiger partial charge in [0.1, 0.15) is 5.82 Å². The number of ether oxygens (including phenoxy) is 1. The maximum atomic E-state index is 6.44. The van der Waals surface area contributed by atoms with Crippen molar-refractivity contribution in [1.82, 2.24) is 23.9 Å². The van der Waals surface area contributed by atoms with Gasteiger partial charge >= 0.3 is 21.1 Å². The van der Waals surface area contributed by atoms with Crippen molar-refractivity contribution < 1.29 is 25.8 Å². The van der Waals surface area contributed by atoms with Crippen LogP contribution >= 0.6 is 0 Å². The van der Waals surface area contributed by atoms with Crippen LogP contribution in [0.2, 0.25) is 0 Å². The maximum Gasteiger partial charge on any atom is 2.00 e. The smallest absolute Gasteiger partial charge is 0.509 e. The number of hydrogen-bond donors (Lipinski definition) is 0. The van der Waals surface area contributed by atoms with Gasteiger partial charge in [0.25, 0.3) is 0 Å². The van der Waals surface area contributed by atoms with E-state index in [1.54, 1.807) is 0 Å². The van der Waals surface area contributed by atoms with Gasteiger partial charge in [-0.2, -0.15) is 17.2 Å². The van der Waals surface area contributed by atoms with Gasteiger partial charge in [-0.05, 0) is 73.5 Å². The van der Waals surface area contributed by atoms with Crippen LogP contribution in [0.25, 0.3) is 60.8 Å². The normalized spacial score (nSPS) is 11.6. The molecule has 0 saturated heterocycles. The van der Waals surface area contributed by atoms with E-state index in [2.05, 4.69) is 126 Å². The zero-order valence-corrected chi connectivity index (χ0v) is 32.0. The molecule has 0 amide bonds. The molecule has 5 aromatic carbocycles. The average Bonchev–Trinajstić information content (AvgIpc) is 3.80. The van der Waals surface area contributed by atoms with Crippen LogP contribution in [0.3, 0.4) is 0 Å². The molecule has 4 aromatic heterocycles. The molecule has 0 radical (unpaired) electrons. The average molecular weight is 859 g/mol. The Hall–Kier alpha value is -5.45. The van der Waals surface area contributed by atoms with Crippen molar-refractivity contribution in [3.8, 4) is 28.7 Å². The summed E-state index contributed by atoms with van der Waals surface area (Å²) in [6.07, 6.45) is 3.89. The summed E-state index contributed by atoms with van der Waals surface area (Å²) >= 11 is 0. The summed E-state index contributed by atoms with van der Waals surface area (Å²) in [5.74, 6) is 2.02. The van der Waals surface area contributed by atoms with Crippen molar-refractivity contribution in [2.75, 3.05) is 0 Å². The van der Waals surface area contributed by atoms with E-state index in [4.69, 9.17) is 9.72 Å². The second-order valence-corrected chi connectivity index (χ2v) is 13.3. The Labute approximate surface area is 317 Å². The summed E-state index contributed by atoms with van der Waals surface area (Å²) in [5.41, 5.74) is 12.2. The Morgan fingerprint density at radius 3 is 2.02 bits per heavy atom. The Morgan fingerprint density at radius 2 is 1.33 bits per heavy atom. The van der Waals surface area contributed by atoms with Crippen molar-refractivity contribution in [3.05, 3.63) is 150 Å². The molecule has 0 atom stereocenters. The maximum absolute atomic E-state index is 6.44. The number of benzene rings is 5. The molecule has 52 heavy (non-hydrogen) atoms.